The lowest BCUT2D eigenvalue weighted by Crippen LogP contribution is -2.47. The monoisotopic (exact) mass is 482 g/mol. The molecule has 0 fully saturated rings. The first kappa shape index (κ1) is 23.3. The van der Waals surface area contributed by atoms with Gasteiger partial charge >= 0.3 is 0 Å². The van der Waals surface area contributed by atoms with Gasteiger partial charge in [0.2, 0.25) is 5.82 Å². The fourth-order valence-corrected chi connectivity index (χ4v) is 4.52. The second kappa shape index (κ2) is 10.4. The second-order valence-electron chi connectivity index (χ2n) is 7.45. The number of nitrogens with one attached hydrogen (secondary N) is 1. The highest BCUT2D eigenvalue weighted by atomic mass is 32.2. The third-order valence-corrected chi connectivity index (χ3v) is 6.63. The van der Waals surface area contributed by atoms with E-state index in [1.54, 1.807) is 26.0 Å². The molecule has 0 saturated carbocycles. The predicted octanol–water partition coefficient (Wildman–Crippen LogP) is 4.78. The van der Waals surface area contributed by atoms with E-state index >= 15 is 0 Å². The Balaban J connectivity index is 1.78. The standard InChI is InChI=1S/C24H26N4O3S2/c1-15-20(23-26-22(27-31-23)17-6-5-7-18(14-17)30-3)21(16-8-10-19(33-4)11-9-16)25-24(32)28(15)12-13-29-2/h5-11,14,21H,12-13H2,1-4H3,(H,25,32). The Morgan fingerprint density at radius 3 is 2.67 bits per heavy atom. The topological polar surface area (TPSA) is 72.7 Å². The fourth-order valence-electron chi connectivity index (χ4n) is 3.77. The lowest BCUT2D eigenvalue weighted by Gasteiger charge is -2.37. The summed E-state index contributed by atoms with van der Waals surface area (Å²) in [7, 11) is 3.31. The Morgan fingerprint density at radius 1 is 1.18 bits per heavy atom. The molecule has 0 amide bonds. The molecule has 172 valence electrons. The molecule has 1 unspecified atom stereocenters. The van der Waals surface area contributed by atoms with Gasteiger partial charge in [-0.2, -0.15) is 4.98 Å². The van der Waals surface area contributed by atoms with Crippen LogP contribution < -0.4 is 10.1 Å². The molecule has 0 bridgehead atoms. The zero-order valence-corrected chi connectivity index (χ0v) is 20.6. The summed E-state index contributed by atoms with van der Waals surface area (Å²) in [4.78, 5) is 7.95. The van der Waals surface area contributed by atoms with E-state index in [-0.39, 0.29) is 6.04 Å². The summed E-state index contributed by atoms with van der Waals surface area (Å²) < 4.78 is 16.4. The number of allylic oxidation sites excluding steroid dienone is 1. The molecule has 0 aliphatic carbocycles. The molecule has 0 saturated heterocycles. The molecule has 2 aromatic carbocycles. The Morgan fingerprint density at radius 2 is 1.97 bits per heavy atom. The van der Waals surface area contributed by atoms with Crippen molar-refractivity contribution in [3.8, 4) is 17.1 Å². The smallest absolute Gasteiger partial charge is 0.258 e. The molecule has 2 heterocycles. The van der Waals surface area contributed by atoms with Crippen molar-refractivity contribution in [3.63, 3.8) is 0 Å². The van der Waals surface area contributed by atoms with Gasteiger partial charge in [-0.05, 0) is 55.2 Å². The number of hydrogen-bond acceptors (Lipinski definition) is 7. The number of ether oxygens (including phenoxy) is 2. The van der Waals surface area contributed by atoms with Gasteiger partial charge in [-0.15, -0.1) is 11.8 Å². The van der Waals surface area contributed by atoms with Crippen LogP contribution in [-0.4, -0.2) is 53.8 Å². The van der Waals surface area contributed by atoms with Crippen LogP contribution in [0.5, 0.6) is 5.75 Å². The molecule has 0 spiro atoms. The number of hydrogen-bond donors (Lipinski definition) is 1. The maximum atomic E-state index is 5.78. The Labute approximate surface area is 203 Å². The van der Waals surface area contributed by atoms with Gasteiger partial charge in [0.25, 0.3) is 5.89 Å². The van der Waals surface area contributed by atoms with Gasteiger partial charge < -0.3 is 24.2 Å². The van der Waals surface area contributed by atoms with Gasteiger partial charge in [-0.25, -0.2) is 0 Å². The largest absolute Gasteiger partial charge is 0.497 e. The van der Waals surface area contributed by atoms with Crippen molar-refractivity contribution in [2.75, 3.05) is 33.6 Å². The lowest BCUT2D eigenvalue weighted by molar-refractivity contribution is 0.183. The first-order valence-electron chi connectivity index (χ1n) is 10.5. The number of nitrogens with zero attached hydrogens (tertiary/aromatic N) is 3. The summed E-state index contributed by atoms with van der Waals surface area (Å²) >= 11 is 7.40. The summed E-state index contributed by atoms with van der Waals surface area (Å²) in [5.74, 6) is 1.68. The molecule has 1 aliphatic heterocycles. The Bertz CT molecular complexity index is 1160. The zero-order valence-electron chi connectivity index (χ0n) is 19.0. The van der Waals surface area contributed by atoms with Gasteiger partial charge in [-0.1, -0.05) is 29.4 Å². The number of rotatable bonds is 8. The molecule has 0 radical (unpaired) electrons. The minimum Gasteiger partial charge on any atom is -0.497 e. The van der Waals surface area contributed by atoms with E-state index in [1.807, 2.05) is 36.1 Å². The molecule has 1 aliphatic rings. The van der Waals surface area contributed by atoms with Crippen LogP contribution in [0.15, 0.2) is 63.6 Å². The summed E-state index contributed by atoms with van der Waals surface area (Å²) in [5, 5.41) is 8.35. The molecule has 1 N–H and O–H groups in total. The van der Waals surface area contributed by atoms with Gasteiger partial charge in [0.15, 0.2) is 5.11 Å². The van der Waals surface area contributed by atoms with Crippen molar-refractivity contribution < 1.29 is 14.0 Å². The number of thiocarbonyl (C=S) groups is 1. The Hall–Kier alpha value is -2.88. The van der Waals surface area contributed by atoms with E-state index < -0.39 is 0 Å². The van der Waals surface area contributed by atoms with Gasteiger partial charge in [-0.3, -0.25) is 0 Å². The molecule has 3 aromatic rings. The molecule has 33 heavy (non-hydrogen) atoms. The highest BCUT2D eigenvalue weighted by Gasteiger charge is 2.34. The fraction of sp³-hybridized carbons (Fsp3) is 0.292. The van der Waals surface area contributed by atoms with Crippen LogP contribution in [0, 0.1) is 0 Å². The van der Waals surface area contributed by atoms with E-state index in [9.17, 15) is 0 Å². The third kappa shape index (κ3) is 4.90. The van der Waals surface area contributed by atoms with Crippen LogP contribution in [0.3, 0.4) is 0 Å². The van der Waals surface area contributed by atoms with Crippen LogP contribution in [0.25, 0.3) is 17.0 Å². The van der Waals surface area contributed by atoms with Crippen molar-refractivity contribution in [1.29, 1.82) is 0 Å². The first-order valence-corrected chi connectivity index (χ1v) is 12.1. The van der Waals surface area contributed by atoms with Crippen molar-refractivity contribution in [3.05, 3.63) is 65.7 Å². The average Bonchev–Trinajstić information content (AvgIpc) is 3.33. The molecular formula is C24H26N4O3S2. The third-order valence-electron chi connectivity index (χ3n) is 5.55. The zero-order chi connectivity index (χ0) is 23.4. The van der Waals surface area contributed by atoms with Gasteiger partial charge in [0, 0.05) is 29.8 Å². The van der Waals surface area contributed by atoms with Crippen LogP contribution in [-0.2, 0) is 4.74 Å². The highest BCUT2D eigenvalue weighted by molar-refractivity contribution is 7.98. The first-order chi connectivity index (χ1) is 16.0. The maximum Gasteiger partial charge on any atom is 0.258 e. The van der Waals surface area contributed by atoms with Crippen molar-refractivity contribution in [1.82, 2.24) is 20.4 Å². The molecule has 9 heteroatoms. The van der Waals surface area contributed by atoms with Gasteiger partial charge in [0.1, 0.15) is 5.75 Å². The lowest BCUT2D eigenvalue weighted by atomic mass is 9.95. The number of methoxy groups -OCH3 is 2. The summed E-state index contributed by atoms with van der Waals surface area (Å²) in [5.41, 5.74) is 3.73. The van der Waals surface area contributed by atoms with Gasteiger partial charge in [0.05, 0.1) is 25.3 Å². The molecule has 1 atom stereocenters. The molecule has 4 rings (SSSR count). The minimum absolute atomic E-state index is 0.217. The van der Waals surface area contributed by atoms with E-state index in [2.05, 4.69) is 41.0 Å². The second-order valence-corrected chi connectivity index (χ2v) is 8.72. The normalized spacial score (nSPS) is 16.2. The van der Waals surface area contributed by atoms with Crippen LogP contribution in [0.2, 0.25) is 0 Å². The number of thioether (sulfide) groups is 1. The van der Waals surface area contributed by atoms with Crippen molar-refractivity contribution >= 4 is 34.7 Å². The maximum absolute atomic E-state index is 5.78. The van der Waals surface area contributed by atoms with Crippen LogP contribution in [0.1, 0.15) is 24.4 Å². The van der Waals surface area contributed by atoms with E-state index in [1.165, 1.54) is 4.90 Å². The SMILES string of the molecule is COCCN1C(=S)NC(c2ccc(SC)cc2)C(c2nc(-c3cccc(OC)c3)no2)=C1C. The minimum atomic E-state index is -0.217. The van der Waals surface area contributed by atoms with Crippen molar-refractivity contribution in [2.45, 2.75) is 17.9 Å². The molecule has 1 aromatic heterocycles. The van der Waals surface area contributed by atoms with Crippen molar-refractivity contribution in [2.24, 2.45) is 0 Å². The number of benzene rings is 2. The predicted molar refractivity (Wildman–Crippen MR) is 134 cm³/mol. The van der Waals surface area contributed by atoms with E-state index in [0.717, 1.165) is 28.1 Å². The summed E-state index contributed by atoms with van der Waals surface area (Å²) in [6.07, 6.45) is 2.06. The highest BCUT2D eigenvalue weighted by Crippen LogP contribution is 2.38. The summed E-state index contributed by atoms with van der Waals surface area (Å²) in [6, 6.07) is 15.8. The molecule has 7 nitrogen and oxygen atoms in total. The quantitative estimate of drug-likeness (QED) is 0.361. The van der Waals surface area contributed by atoms with E-state index in [0.29, 0.717) is 30.0 Å². The number of aromatic nitrogens is 2. The summed E-state index contributed by atoms with van der Waals surface area (Å²) in [6.45, 7) is 3.18. The average molecular weight is 483 g/mol. The van der Waals surface area contributed by atoms with E-state index in [4.69, 9.17) is 31.2 Å². The van der Waals surface area contributed by atoms with Crippen LogP contribution >= 0.6 is 24.0 Å². The van der Waals surface area contributed by atoms with Crippen LogP contribution in [0.4, 0.5) is 0 Å². The molecular weight excluding hydrogens is 456 g/mol. The Kier molecular flexibility index (Phi) is 7.32.